The number of nitrogens with zero attached hydrogens (tertiary/aromatic N) is 1. The first-order valence-corrected chi connectivity index (χ1v) is 1.85. The second kappa shape index (κ2) is 4.24. The molecule has 0 atom stereocenters. The molecule has 7 heavy (non-hydrogen) atoms. The first kappa shape index (κ1) is 7.07. The van der Waals surface area contributed by atoms with E-state index in [1.807, 2.05) is 18.2 Å². The van der Waals surface area contributed by atoms with E-state index in [-0.39, 0.29) is 27.3 Å². The van der Waals surface area contributed by atoms with Gasteiger partial charge in [0.1, 0.15) is 0 Å². The maximum atomic E-state index is 3.78. The number of pyridine rings is 1. The molecule has 0 saturated carbocycles. The zero-order valence-corrected chi connectivity index (χ0v) is 8.08. The standard InChI is InChI=1S/C5H5N.Cd/c1-2-4-6-5-3-1;/h1-5H;/q;+2. The molecule has 0 amide bonds. The minimum atomic E-state index is 0. The molecule has 1 rings (SSSR count). The van der Waals surface area contributed by atoms with E-state index < -0.39 is 0 Å². The molecule has 0 N–H and O–H groups in total. The molecule has 0 spiro atoms. The summed E-state index contributed by atoms with van der Waals surface area (Å²) >= 11 is 0. The predicted molar refractivity (Wildman–Crippen MR) is 24.2 cm³/mol. The molecule has 0 aromatic carbocycles. The molecule has 30 valence electrons. The summed E-state index contributed by atoms with van der Waals surface area (Å²) in [6, 6.07) is 5.72. The zero-order chi connectivity index (χ0) is 4.24. The maximum Gasteiger partial charge on any atom is 2.00 e. The van der Waals surface area contributed by atoms with Gasteiger partial charge in [-0.05, 0) is 12.1 Å². The van der Waals surface area contributed by atoms with Gasteiger partial charge in [-0.15, -0.1) is 0 Å². The fraction of sp³-hybridized carbons (Fsp3) is 0. The molecule has 0 aliphatic carbocycles. The van der Waals surface area contributed by atoms with E-state index in [9.17, 15) is 0 Å². The third-order valence-electron chi connectivity index (χ3n) is 0.566. The Kier molecular flexibility index (Phi) is 4.28. The Hall–Kier alpha value is 0.0721. The zero-order valence-electron chi connectivity index (χ0n) is 4.04. The number of hydrogen-bond acceptors (Lipinski definition) is 1. The fourth-order valence-electron chi connectivity index (χ4n) is 0.313. The molecule has 0 saturated heterocycles. The van der Waals surface area contributed by atoms with E-state index in [2.05, 4.69) is 4.98 Å². The van der Waals surface area contributed by atoms with Gasteiger partial charge in [0.05, 0.1) is 0 Å². The fourth-order valence-corrected chi connectivity index (χ4v) is 0.313. The van der Waals surface area contributed by atoms with Crippen LogP contribution in [0.3, 0.4) is 0 Å². The Morgan fingerprint density at radius 2 is 1.43 bits per heavy atom. The van der Waals surface area contributed by atoms with E-state index in [4.69, 9.17) is 0 Å². The Bertz CT molecular complexity index is 80.0. The molecule has 1 heterocycles. The SMILES string of the molecule is [Cd+2].c1ccncc1. The Labute approximate surface area is 62.9 Å². The molecule has 0 bridgehead atoms. The summed E-state index contributed by atoms with van der Waals surface area (Å²) in [5.41, 5.74) is 0. The molecule has 1 aromatic heterocycles. The number of hydrogen-bond donors (Lipinski definition) is 0. The first-order chi connectivity index (χ1) is 3.00. The molecule has 0 fully saturated rings. The van der Waals surface area contributed by atoms with Crippen LogP contribution in [-0.2, 0) is 27.3 Å². The van der Waals surface area contributed by atoms with Crippen molar-refractivity contribution < 1.29 is 27.3 Å². The average Bonchev–Trinajstić information content (AvgIpc) is 1.72. The second-order valence-corrected chi connectivity index (χ2v) is 1.02. The van der Waals surface area contributed by atoms with Crippen LogP contribution in [0.4, 0.5) is 0 Å². The van der Waals surface area contributed by atoms with Gasteiger partial charge in [0.15, 0.2) is 0 Å². The van der Waals surface area contributed by atoms with Gasteiger partial charge in [0.25, 0.3) is 0 Å². The van der Waals surface area contributed by atoms with E-state index >= 15 is 0 Å². The second-order valence-electron chi connectivity index (χ2n) is 1.02. The van der Waals surface area contributed by atoms with Crippen LogP contribution in [0, 0.1) is 0 Å². The normalized spacial score (nSPS) is 6.86. The van der Waals surface area contributed by atoms with Crippen LogP contribution in [0.15, 0.2) is 30.6 Å². The van der Waals surface area contributed by atoms with Gasteiger partial charge in [-0.25, -0.2) is 0 Å². The van der Waals surface area contributed by atoms with Crippen molar-refractivity contribution in [2.75, 3.05) is 0 Å². The van der Waals surface area contributed by atoms with Gasteiger partial charge < -0.3 is 0 Å². The monoisotopic (exact) mass is 193 g/mol. The third-order valence-corrected chi connectivity index (χ3v) is 0.566. The summed E-state index contributed by atoms with van der Waals surface area (Å²) in [4.78, 5) is 3.78. The number of aromatic nitrogens is 1. The molecular formula is C5H5CdN+2. The molecule has 0 aliphatic rings. The smallest absolute Gasteiger partial charge is 0.265 e. The first-order valence-electron chi connectivity index (χ1n) is 1.85. The maximum absolute atomic E-state index is 3.78. The van der Waals surface area contributed by atoms with Crippen molar-refractivity contribution in [2.24, 2.45) is 0 Å². The van der Waals surface area contributed by atoms with Crippen molar-refractivity contribution in [3.05, 3.63) is 30.6 Å². The summed E-state index contributed by atoms with van der Waals surface area (Å²) in [5.74, 6) is 0. The van der Waals surface area contributed by atoms with Gasteiger partial charge in [-0.1, -0.05) is 6.07 Å². The van der Waals surface area contributed by atoms with Crippen LogP contribution in [0.1, 0.15) is 0 Å². The van der Waals surface area contributed by atoms with Crippen LogP contribution in [0.5, 0.6) is 0 Å². The van der Waals surface area contributed by atoms with Gasteiger partial charge in [0.2, 0.25) is 0 Å². The van der Waals surface area contributed by atoms with Crippen LogP contribution in [-0.4, -0.2) is 4.98 Å². The van der Waals surface area contributed by atoms with Crippen molar-refractivity contribution in [3.63, 3.8) is 0 Å². The van der Waals surface area contributed by atoms with E-state index in [0.29, 0.717) is 0 Å². The topological polar surface area (TPSA) is 12.9 Å². The summed E-state index contributed by atoms with van der Waals surface area (Å²) in [6.45, 7) is 0. The van der Waals surface area contributed by atoms with Crippen LogP contribution in [0.2, 0.25) is 0 Å². The Morgan fingerprint density at radius 3 is 1.57 bits per heavy atom. The van der Waals surface area contributed by atoms with Crippen LogP contribution in [0.25, 0.3) is 0 Å². The largest absolute Gasteiger partial charge is 2.00 e. The van der Waals surface area contributed by atoms with Crippen molar-refractivity contribution in [3.8, 4) is 0 Å². The Morgan fingerprint density at radius 1 is 0.857 bits per heavy atom. The molecule has 0 aliphatic heterocycles. The van der Waals surface area contributed by atoms with Gasteiger partial charge in [0, 0.05) is 12.4 Å². The van der Waals surface area contributed by atoms with Crippen LogP contribution >= 0.6 is 0 Å². The third kappa shape index (κ3) is 2.73. The van der Waals surface area contributed by atoms with E-state index in [0.717, 1.165) is 0 Å². The van der Waals surface area contributed by atoms with Crippen molar-refractivity contribution in [1.29, 1.82) is 0 Å². The van der Waals surface area contributed by atoms with Crippen molar-refractivity contribution in [1.82, 2.24) is 4.98 Å². The summed E-state index contributed by atoms with van der Waals surface area (Å²) in [7, 11) is 0. The molecule has 0 unspecified atom stereocenters. The molecular weight excluding hydrogens is 186 g/mol. The number of rotatable bonds is 0. The minimum Gasteiger partial charge on any atom is -0.265 e. The minimum absolute atomic E-state index is 0. The summed E-state index contributed by atoms with van der Waals surface area (Å²) < 4.78 is 0. The predicted octanol–water partition coefficient (Wildman–Crippen LogP) is 1.08. The summed E-state index contributed by atoms with van der Waals surface area (Å²) in [5, 5.41) is 0. The van der Waals surface area contributed by atoms with E-state index in [1.165, 1.54) is 0 Å². The van der Waals surface area contributed by atoms with Gasteiger partial charge in [-0.3, -0.25) is 4.98 Å². The summed E-state index contributed by atoms with van der Waals surface area (Å²) in [6.07, 6.45) is 3.50. The van der Waals surface area contributed by atoms with Gasteiger partial charge in [-0.2, -0.15) is 0 Å². The molecule has 2 heteroatoms. The molecule has 0 radical (unpaired) electrons. The van der Waals surface area contributed by atoms with Gasteiger partial charge >= 0.3 is 27.3 Å². The molecule has 1 aromatic rings. The van der Waals surface area contributed by atoms with Crippen molar-refractivity contribution >= 4 is 0 Å². The quantitative estimate of drug-likeness (QED) is 0.559. The Balaban J connectivity index is 0.000000360. The average molecular weight is 192 g/mol. The van der Waals surface area contributed by atoms with Crippen molar-refractivity contribution in [2.45, 2.75) is 0 Å². The van der Waals surface area contributed by atoms with Crippen LogP contribution < -0.4 is 0 Å². The van der Waals surface area contributed by atoms with E-state index in [1.54, 1.807) is 12.4 Å². The molecule has 1 nitrogen and oxygen atoms in total.